The summed E-state index contributed by atoms with van der Waals surface area (Å²) in [5.74, 6) is -1.81. The van der Waals surface area contributed by atoms with Gasteiger partial charge in [0.25, 0.3) is 5.91 Å². The van der Waals surface area contributed by atoms with E-state index in [1.165, 1.54) is 30.4 Å². The number of ether oxygens (including phenoxy) is 2. The summed E-state index contributed by atoms with van der Waals surface area (Å²) < 4.78 is 39.8. The normalized spacial score (nSPS) is 22.5. The predicted molar refractivity (Wildman–Crippen MR) is 219 cm³/mol. The Balaban J connectivity index is 1.22. The summed E-state index contributed by atoms with van der Waals surface area (Å²) in [6.45, 7) is 8.83. The number of aromatic nitrogens is 2. The molecule has 3 aliphatic rings. The van der Waals surface area contributed by atoms with E-state index in [4.69, 9.17) is 14.5 Å². The summed E-state index contributed by atoms with van der Waals surface area (Å²) in [6.07, 6.45) is 2.96. The number of amides is 4. The molecule has 2 saturated carbocycles. The molecule has 7 rings (SSSR count). The fraction of sp³-hybridized carbons (Fsp3) is 0.395. The summed E-state index contributed by atoms with van der Waals surface area (Å²) in [5.41, 5.74) is -0.0780. The van der Waals surface area contributed by atoms with Gasteiger partial charge in [-0.2, -0.15) is 0 Å². The van der Waals surface area contributed by atoms with Crippen molar-refractivity contribution in [3.8, 4) is 22.8 Å². The van der Waals surface area contributed by atoms with Gasteiger partial charge in [-0.25, -0.2) is 22.5 Å². The predicted octanol–water partition coefficient (Wildman–Crippen LogP) is 4.87. The molecule has 1 aliphatic heterocycles. The number of carboxylic acid groups (broad SMARTS) is 1. The number of methoxy groups -OCH3 is 1. The summed E-state index contributed by atoms with van der Waals surface area (Å²) in [6, 6.07) is 17.4. The van der Waals surface area contributed by atoms with Gasteiger partial charge < -0.3 is 30.1 Å². The van der Waals surface area contributed by atoms with Gasteiger partial charge in [-0.3, -0.25) is 19.4 Å². The number of pyridine rings is 2. The number of sulfonamides is 1. The van der Waals surface area contributed by atoms with E-state index >= 15 is 0 Å². The van der Waals surface area contributed by atoms with Crippen LogP contribution in [0.1, 0.15) is 52.0 Å². The average molecular weight is 825 g/mol. The molecule has 3 heterocycles. The van der Waals surface area contributed by atoms with Gasteiger partial charge in [0.05, 0.1) is 24.9 Å². The van der Waals surface area contributed by atoms with Crippen LogP contribution in [-0.4, -0.2) is 101 Å². The standard InChI is InChI=1S/C43H48N6O9S/c1-7-27-23-43(27,39(52)48(5)59(55,56)42(17-18-42)28-14-11-19-44-24-28)47-37(50)34-21-30(25-49(34)38(51)36(41(2,3)4)46-40(53)54)58-35-22-32(26-12-9-8-10-13-26)45-33-20-29(57-6)15-16-31(33)35/h7-16,19-20,22,24,27,30,34,36,46H,1,17-18,21,23,25H2,2-6H3,(H,47,50)(H,53,54). The molecule has 2 aliphatic carbocycles. The van der Waals surface area contributed by atoms with Crippen molar-refractivity contribution in [3.63, 3.8) is 0 Å². The molecule has 0 spiro atoms. The lowest BCUT2D eigenvalue weighted by Crippen LogP contribution is -2.60. The van der Waals surface area contributed by atoms with E-state index in [9.17, 15) is 32.7 Å². The fourth-order valence-electron chi connectivity index (χ4n) is 8.06. The van der Waals surface area contributed by atoms with Crippen LogP contribution in [0.4, 0.5) is 4.79 Å². The molecular formula is C43H48N6O9S. The molecule has 16 heteroatoms. The molecule has 59 heavy (non-hydrogen) atoms. The minimum Gasteiger partial charge on any atom is -0.497 e. The second-order valence-corrected chi connectivity index (χ2v) is 18.8. The van der Waals surface area contributed by atoms with Gasteiger partial charge in [-0.1, -0.05) is 63.2 Å². The zero-order chi connectivity index (χ0) is 42.5. The highest BCUT2D eigenvalue weighted by molar-refractivity contribution is 7.90. The van der Waals surface area contributed by atoms with Crippen LogP contribution in [0.2, 0.25) is 0 Å². The van der Waals surface area contributed by atoms with Crippen LogP contribution in [-0.2, 0) is 29.2 Å². The lowest BCUT2D eigenvalue weighted by atomic mass is 9.85. The van der Waals surface area contributed by atoms with Crippen LogP contribution in [0, 0.1) is 11.3 Å². The Morgan fingerprint density at radius 3 is 2.39 bits per heavy atom. The molecular weight excluding hydrogens is 777 g/mol. The molecule has 5 unspecified atom stereocenters. The van der Waals surface area contributed by atoms with E-state index in [2.05, 4.69) is 22.2 Å². The number of hydrogen-bond acceptors (Lipinski definition) is 10. The maximum Gasteiger partial charge on any atom is 0.405 e. The third-order valence-corrected chi connectivity index (χ3v) is 14.1. The average Bonchev–Trinajstić information content (AvgIpc) is 4.14. The van der Waals surface area contributed by atoms with Gasteiger partial charge >= 0.3 is 6.09 Å². The zero-order valence-electron chi connectivity index (χ0n) is 33.5. The van der Waals surface area contributed by atoms with Crippen molar-refractivity contribution in [2.24, 2.45) is 11.3 Å². The van der Waals surface area contributed by atoms with E-state index in [0.717, 1.165) is 9.87 Å². The van der Waals surface area contributed by atoms with Crippen molar-refractivity contribution in [2.75, 3.05) is 20.7 Å². The molecule has 4 aromatic rings. The smallest absolute Gasteiger partial charge is 0.405 e. The van der Waals surface area contributed by atoms with Crippen molar-refractivity contribution in [2.45, 2.75) is 74.9 Å². The first-order valence-electron chi connectivity index (χ1n) is 19.3. The number of carbonyl (C=O) groups is 4. The van der Waals surface area contributed by atoms with Crippen LogP contribution in [0.3, 0.4) is 0 Å². The number of rotatable bonds is 13. The molecule has 2 aromatic heterocycles. The van der Waals surface area contributed by atoms with E-state index in [-0.39, 0.29) is 19.4 Å². The first kappa shape index (κ1) is 41.1. The summed E-state index contributed by atoms with van der Waals surface area (Å²) in [7, 11) is -1.52. The van der Waals surface area contributed by atoms with Crippen molar-refractivity contribution in [3.05, 3.63) is 97.3 Å². The molecule has 1 saturated heterocycles. The number of benzene rings is 2. The molecule has 4 amide bonds. The Morgan fingerprint density at radius 1 is 1.07 bits per heavy atom. The topological polar surface area (TPSA) is 197 Å². The van der Waals surface area contributed by atoms with Crippen LogP contribution in [0.25, 0.3) is 22.2 Å². The number of likely N-dealkylation sites (tertiary alicyclic amines) is 1. The molecule has 0 radical (unpaired) electrons. The first-order valence-corrected chi connectivity index (χ1v) is 20.8. The molecule has 15 nitrogen and oxygen atoms in total. The largest absolute Gasteiger partial charge is 0.497 e. The molecule has 2 aromatic carbocycles. The number of fused-ring (bicyclic) bond motifs is 1. The van der Waals surface area contributed by atoms with Crippen LogP contribution < -0.4 is 20.1 Å². The first-order chi connectivity index (χ1) is 28.0. The molecule has 5 atom stereocenters. The van der Waals surface area contributed by atoms with E-state index in [1.54, 1.807) is 58.2 Å². The van der Waals surface area contributed by atoms with Crippen LogP contribution in [0.5, 0.6) is 11.5 Å². The monoisotopic (exact) mass is 824 g/mol. The second kappa shape index (κ2) is 15.3. The van der Waals surface area contributed by atoms with Crippen molar-refractivity contribution in [1.29, 1.82) is 0 Å². The number of likely N-dealkylation sites (N-methyl/N-ethyl adjacent to an activating group) is 1. The Kier molecular flexibility index (Phi) is 10.7. The highest BCUT2D eigenvalue weighted by Gasteiger charge is 2.66. The van der Waals surface area contributed by atoms with E-state index < -0.39 is 73.6 Å². The SMILES string of the molecule is C=CC1CC1(NC(=O)C1CC(Oc2cc(-c3ccccc3)nc3cc(OC)ccc23)CN1C(=O)C(NC(=O)O)C(C)(C)C)C(=O)N(C)S(=O)(=O)C1(c2cccnc2)CC1. The lowest BCUT2D eigenvalue weighted by Gasteiger charge is -2.35. The molecule has 3 N–H and O–H groups in total. The van der Waals surface area contributed by atoms with Gasteiger partial charge in [0.2, 0.25) is 21.8 Å². The van der Waals surface area contributed by atoms with Gasteiger partial charge in [0, 0.05) is 54.9 Å². The van der Waals surface area contributed by atoms with Crippen molar-refractivity contribution >= 4 is 44.7 Å². The number of nitrogens with zero attached hydrogens (tertiary/aromatic N) is 4. The van der Waals surface area contributed by atoms with Crippen molar-refractivity contribution in [1.82, 2.24) is 29.8 Å². The zero-order valence-corrected chi connectivity index (χ0v) is 34.4. The Bertz CT molecular complexity index is 2420. The molecule has 310 valence electrons. The van der Waals surface area contributed by atoms with Crippen molar-refractivity contribution < 1.29 is 42.2 Å². The minimum absolute atomic E-state index is 0.0383. The Hall–Kier alpha value is -6.03. The fourth-order valence-corrected chi connectivity index (χ4v) is 10.0. The number of nitrogens with one attached hydrogen (secondary N) is 2. The summed E-state index contributed by atoms with van der Waals surface area (Å²) in [5, 5.41) is 15.6. The van der Waals surface area contributed by atoms with Gasteiger partial charge in [-0.15, -0.1) is 6.58 Å². The summed E-state index contributed by atoms with van der Waals surface area (Å²) >= 11 is 0. The van der Waals surface area contributed by atoms with E-state index in [1.807, 2.05) is 36.4 Å². The van der Waals surface area contributed by atoms with E-state index in [0.29, 0.717) is 46.5 Å². The highest BCUT2D eigenvalue weighted by atomic mass is 32.2. The molecule has 0 bridgehead atoms. The highest BCUT2D eigenvalue weighted by Crippen LogP contribution is 2.55. The Morgan fingerprint density at radius 2 is 1.80 bits per heavy atom. The lowest BCUT2D eigenvalue weighted by molar-refractivity contribution is -0.143. The molecule has 3 fully saturated rings. The third kappa shape index (κ3) is 7.57. The second-order valence-electron chi connectivity index (χ2n) is 16.5. The summed E-state index contributed by atoms with van der Waals surface area (Å²) in [4.78, 5) is 65.6. The number of carbonyl (C=O) groups excluding carboxylic acids is 3. The maximum atomic E-state index is 14.6. The van der Waals surface area contributed by atoms with Crippen LogP contribution in [0.15, 0.2) is 91.8 Å². The van der Waals surface area contributed by atoms with Crippen LogP contribution >= 0.6 is 0 Å². The number of hydrogen-bond donors (Lipinski definition) is 3. The Labute approximate surface area is 342 Å². The van der Waals surface area contributed by atoms with Gasteiger partial charge in [0.1, 0.15) is 40.0 Å². The quantitative estimate of drug-likeness (QED) is 0.156. The minimum atomic E-state index is -4.27. The van der Waals surface area contributed by atoms with Gasteiger partial charge in [-0.05, 0) is 48.4 Å². The maximum absolute atomic E-state index is 14.6. The third-order valence-electron chi connectivity index (χ3n) is 11.6. The van der Waals surface area contributed by atoms with Gasteiger partial charge in [0.15, 0.2) is 0 Å².